The second-order valence-corrected chi connectivity index (χ2v) is 8.24. The molecule has 2 unspecified atom stereocenters. The van der Waals surface area contributed by atoms with E-state index in [-0.39, 0.29) is 0 Å². The van der Waals surface area contributed by atoms with Crippen molar-refractivity contribution in [3.8, 4) is 11.3 Å². The SMILES string of the molecule is Fc1ccc(CN2C3CC2CN(c2ccc(-c4ncnc5[nH]ccc45)cn2)C3)cc1F. The quantitative estimate of drug-likeness (QED) is 0.547. The fraction of sp³-hybridized carbons (Fsp3) is 0.261. The number of H-pyrrole nitrogens is 1. The zero-order valence-corrected chi connectivity index (χ0v) is 16.7. The summed E-state index contributed by atoms with van der Waals surface area (Å²) in [5, 5.41) is 0.976. The molecule has 3 saturated heterocycles. The Kier molecular flexibility index (Phi) is 4.21. The number of fused-ring (bicyclic) bond motifs is 3. The highest BCUT2D eigenvalue weighted by atomic mass is 19.2. The Bertz CT molecular complexity index is 1240. The molecule has 0 radical (unpaired) electrons. The van der Waals surface area contributed by atoms with E-state index in [4.69, 9.17) is 4.98 Å². The third-order valence-electron chi connectivity index (χ3n) is 6.39. The van der Waals surface area contributed by atoms with E-state index in [0.29, 0.717) is 18.6 Å². The van der Waals surface area contributed by atoms with Crippen molar-refractivity contribution in [2.45, 2.75) is 25.0 Å². The number of piperazine rings is 1. The summed E-state index contributed by atoms with van der Waals surface area (Å²) in [6.45, 7) is 2.40. The molecule has 3 aliphatic heterocycles. The molecule has 31 heavy (non-hydrogen) atoms. The lowest BCUT2D eigenvalue weighted by Crippen LogP contribution is -2.68. The molecule has 4 aromatic rings. The largest absolute Gasteiger partial charge is 0.353 e. The van der Waals surface area contributed by atoms with E-state index in [1.54, 1.807) is 12.4 Å². The van der Waals surface area contributed by atoms with Crippen LogP contribution in [0.5, 0.6) is 0 Å². The third-order valence-corrected chi connectivity index (χ3v) is 6.39. The molecule has 1 aromatic carbocycles. The Balaban J connectivity index is 1.16. The van der Waals surface area contributed by atoms with Crippen molar-refractivity contribution in [3.63, 3.8) is 0 Å². The molecule has 1 N–H and O–H groups in total. The van der Waals surface area contributed by atoms with Gasteiger partial charge >= 0.3 is 0 Å². The summed E-state index contributed by atoms with van der Waals surface area (Å²) in [6, 6.07) is 11.0. The molecule has 156 valence electrons. The number of anilines is 1. The summed E-state index contributed by atoms with van der Waals surface area (Å²) in [5.41, 5.74) is 3.44. The first-order valence-electron chi connectivity index (χ1n) is 10.3. The van der Waals surface area contributed by atoms with Crippen molar-refractivity contribution in [1.29, 1.82) is 0 Å². The standard InChI is InChI=1S/C23H20F2N6/c24-19-3-1-14(7-20(19)25)10-31-16-8-17(31)12-30(11-16)21-4-2-15(9-27-21)22-18-5-6-26-23(18)29-13-28-22/h1-7,9,13,16-17H,8,10-12H2,(H,26,28,29). The molecule has 2 bridgehead atoms. The summed E-state index contributed by atoms with van der Waals surface area (Å²) >= 11 is 0. The molecule has 0 amide bonds. The predicted octanol–water partition coefficient (Wildman–Crippen LogP) is 3.76. The molecule has 8 heteroatoms. The van der Waals surface area contributed by atoms with Gasteiger partial charge in [-0.3, -0.25) is 4.90 Å². The maximum Gasteiger partial charge on any atom is 0.159 e. The first kappa shape index (κ1) is 18.4. The average molecular weight is 418 g/mol. The van der Waals surface area contributed by atoms with Crippen LogP contribution in [0, 0.1) is 11.6 Å². The number of rotatable bonds is 4. The number of nitrogens with one attached hydrogen (secondary N) is 1. The van der Waals surface area contributed by atoms with Gasteiger partial charge in [0.05, 0.1) is 5.69 Å². The van der Waals surface area contributed by atoms with E-state index in [1.807, 2.05) is 24.5 Å². The second kappa shape index (κ2) is 7.09. The third kappa shape index (κ3) is 3.14. The minimum atomic E-state index is -0.799. The van der Waals surface area contributed by atoms with Crippen molar-refractivity contribution >= 4 is 16.9 Å². The van der Waals surface area contributed by atoms with Crippen LogP contribution in [0.1, 0.15) is 12.0 Å². The number of aromatic amines is 1. The maximum atomic E-state index is 13.5. The Hall–Kier alpha value is -3.39. The molecular weight excluding hydrogens is 398 g/mol. The number of hydrogen-bond acceptors (Lipinski definition) is 5. The zero-order valence-electron chi connectivity index (χ0n) is 16.7. The zero-order chi connectivity index (χ0) is 20.9. The number of halogens is 2. The van der Waals surface area contributed by atoms with Gasteiger partial charge in [-0.1, -0.05) is 6.07 Å². The monoisotopic (exact) mass is 418 g/mol. The van der Waals surface area contributed by atoms with Crippen molar-refractivity contribution in [1.82, 2.24) is 24.8 Å². The molecule has 0 saturated carbocycles. The van der Waals surface area contributed by atoms with Gasteiger partial charge in [-0.25, -0.2) is 23.7 Å². The van der Waals surface area contributed by atoms with Gasteiger partial charge in [-0.05, 0) is 42.3 Å². The summed E-state index contributed by atoms with van der Waals surface area (Å²) in [6.07, 6.45) is 6.41. The maximum absolute atomic E-state index is 13.5. The van der Waals surface area contributed by atoms with Gasteiger partial charge in [-0.15, -0.1) is 0 Å². The first-order valence-corrected chi connectivity index (χ1v) is 10.3. The average Bonchev–Trinajstić information content (AvgIpc) is 3.29. The van der Waals surface area contributed by atoms with E-state index in [0.717, 1.165) is 53.2 Å². The van der Waals surface area contributed by atoms with Crippen LogP contribution in [-0.2, 0) is 6.54 Å². The van der Waals surface area contributed by atoms with Gasteiger partial charge in [0.15, 0.2) is 11.6 Å². The Labute approximate surface area is 177 Å². The molecule has 3 aromatic heterocycles. The predicted molar refractivity (Wildman–Crippen MR) is 113 cm³/mol. The van der Waals surface area contributed by atoms with Crippen LogP contribution in [0.25, 0.3) is 22.3 Å². The summed E-state index contributed by atoms with van der Waals surface area (Å²) in [7, 11) is 0. The molecule has 7 rings (SSSR count). The van der Waals surface area contributed by atoms with Gasteiger partial charge in [0.25, 0.3) is 0 Å². The fourth-order valence-corrected chi connectivity index (χ4v) is 4.80. The van der Waals surface area contributed by atoms with Crippen molar-refractivity contribution in [2.24, 2.45) is 0 Å². The van der Waals surface area contributed by atoms with Crippen LogP contribution in [0.2, 0.25) is 0 Å². The molecule has 3 aliphatic rings. The lowest BCUT2D eigenvalue weighted by Gasteiger charge is -2.56. The van der Waals surface area contributed by atoms with Crippen molar-refractivity contribution in [2.75, 3.05) is 18.0 Å². The van der Waals surface area contributed by atoms with Crippen LogP contribution in [0.3, 0.4) is 0 Å². The van der Waals surface area contributed by atoms with Gasteiger partial charge < -0.3 is 9.88 Å². The van der Waals surface area contributed by atoms with E-state index in [2.05, 4.69) is 30.8 Å². The number of benzene rings is 1. The molecule has 6 nitrogen and oxygen atoms in total. The molecule has 2 atom stereocenters. The number of nitrogens with zero attached hydrogens (tertiary/aromatic N) is 5. The molecule has 0 spiro atoms. The summed E-state index contributed by atoms with van der Waals surface area (Å²) < 4.78 is 26.7. The lowest BCUT2D eigenvalue weighted by molar-refractivity contribution is -0.00876. The first-order chi connectivity index (χ1) is 15.2. The smallest absolute Gasteiger partial charge is 0.159 e. The highest BCUT2D eigenvalue weighted by molar-refractivity contribution is 5.90. The minimum Gasteiger partial charge on any atom is -0.353 e. The van der Waals surface area contributed by atoms with Gasteiger partial charge in [0.2, 0.25) is 0 Å². The highest BCUT2D eigenvalue weighted by Crippen LogP contribution is 2.36. The lowest BCUT2D eigenvalue weighted by atomic mass is 9.86. The van der Waals surface area contributed by atoms with Crippen molar-refractivity contribution < 1.29 is 8.78 Å². The van der Waals surface area contributed by atoms with E-state index in [9.17, 15) is 8.78 Å². The van der Waals surface area contributed by atoms with E-state index in [1.165, 1.54) is 12.1 Å². The van der Waals surface area contributed by atoms with Crippen LogP contribution in [-0.4, -0.2) is 50.0 Å². The summed E-state index contributed by atoms with van der Waals surface area (Å²) in [5.74, 6) is -0.632. The van der Waals surface area contributed by atoms with Crippen LogP contribution < -0.4 is 4.90 Å². The second-order valence-electron chi connectivity index (χ2n) is 8.24. The normalized spacial score (nSPS) is 20.8. The fourth-order valence-electron chi connectivity index (χ4n) is 4.80. The summed E-state index contributed by atoms with van der Waals surface area (Å²) in [4.78, 5) is 21.2. The topological polar surface area (TPSA) is 60.9 Å². The molecule has 6 heterocycles. The van der Waals surface area contributed by atoms with Crippen LogP contribution >= 0.6 is 0 Å². The van der Waals surface area contributed by atoms with Crippen LogP contribution in [0.4, 0.5) is 14.6 Å². The van der Waals surface area contributed by atoms with E-state index >= 15 is 0 Å². The number of piperidine rings is 1. The Morgan fingerprint density at radius 2 is 1.84 bits per heavy atom. The van der Waals surface area contributed by atoms with Crippen LogP contribution in [0.15, 0.2) is 55.1 Å². The molecule has 3 fully saturated rings. The minimum absolute atomic E-state index is 0.398. The Morgan fingerprint density at radius 1 is 0.968 bits per heavy atom. The molecular formula is C23H20F2N6. The van der Waals surface area contributed by atoms with Crippen molar-refractivity contribution in [3.05, 3.63) is 72.3 Å². The highest BCUT2D eigenvalue weighted by Gasteiger charge is 2.44. The van der Waals surface area contributed by atoms with E-state index < -0.39 is 11.6 Å². The number of hydrogen-bond donors (Lipinski definition) is 1. The van der Waals surface area contributed by atoms with Gasteiger partial charge in [-0.2, -0.15) is 0 Å². The Morgan fingerprint density at radius 3 is 2.61 bits per heavy atom. The number of pyridine rings is 1. The molecule has 0 aliphatic carbocycles. The number of aromatic nitrogens is 4. The van der Waals surface area contributed by atoms with Gasteiger partial charge in [0.1, 0.15) is 17.8 Å². The van der Waals surface area contributed by atoms with Gasteiger partial charge in [0, 0.05) is 55.1 Å².